The van der Waals surface area contributed by atoms with Crippen molar-refractivity contribution in [3.05, 3.63) is 30.3 Å². The summed E-state index contributed by atoms with van der Waals surface area (Å²) in [5, 5.41) is 9.13. The van der Waals surface area contributed by atoms with Crippen molar-refractivity contribution in [3.63, 3.8) is 0 Å². The Kier molecular flexibility index (Phi) is 8.51. The third kappa shape index (κ3) is 6.17. The fourth-order valence-electron chi connectivity index (χ4n) is 2.42. The van der Waals surface area contributed by atoms with Crippen LogP contribution in [0.5, 0.6) is 5.75 Å². The average Bonchev–Trinajstić information content (AvgIpc) is 2.52. The van der Waals surface area contributed by atoms with Crippen LogP contribution in [0.15, 0.2) is 30.3 Å². The summed E-state index contributed by atoms with van der Waals surface area (Å²) in [5.74, 6) is 0.937. The monoisotopic (exact) mass is 293 g/mol. The van der Waals surface area contributed by atoms with Gasteiger partial charge in [0.2, 0.25) is 5.91 Å². The van der Waals surface area contributed by atoms with Crippen LogP contribution in [0.2, 0.25) is 0 Å². The number of para-hydroxylation sites is 1. The second-order valence-corrected chi connectivity index (χ2v) is 5.05. The van der Waals surface area contributed by atoms with E-state index in [9.17, 15) is 4.79 Å². The van der Waals surface area contributed by atoms with E-state index in [-0.39, 0.29) is 18.6 Å². The second-order valence-electron chi connectivity index (χ2n) is 5.05. The van der Waals surface area contributed by atoms with E-state index in [1.807, 2.05) is 35.2 Å². The zero-order valence-corrected chi connectivity index (χ0v) is 13.1. The predicted octanol–water partition coefficient (Wildman–Crippen LogP) is 2.86. The van der Waals surface area contributed by atoms with Gasteiger partial charge in [-0.3, -0.25) is 4.79 Å². The first-order valence-corrected chi connectivity index (χ1v) is 7.81. The molecule has 4 nitrogen and oxygen atoms in total. The molecule has 1 rings (SSSR count). The summed E-state index contributed by atoms with van der Waals surface area (Å²) in [5.41, 5.74) is 0. The number of aliphatic hydroxyl groups excluding tert-OH is 1. The van der Waals surface area contributed by atoms with Crippen LogP contribution in [-0.4, -0.2) is 41.7 Å². The zero-order chi connectivity index (χ0) is 15.5. The molecule has 1 aromatic rings. The van der Waals surface area contributed by atoms with E-state index in [0.717, 1.165) is 18.6 Å². The lowest BCUT2D eigenvalue weighted by molar-refractivity contribution is -0.134. The van der Waals surface area contributed by atoms with Gasteiger partial charge >= 0.3 is 0 Å². The number of aliphatic hydroxyl groups is 1. The number of hydrogen-bond acceptors (Lipinski definition) is 3. The fraction of sp³-hybridized carbons (Fsp3) is 0.588. The SMILES string of the molecule is CCC(CC)N(CCO)C(=O)CCCOc1ccccc1. The quantitative estimate of drug-likeness (QED) is 0.675. The summed E-state index contributed by atoms with van der Waals surface area (Å²) in [7, 11) is 0. The summed E-state index contributed by atoms with van der Waals surface area (Å²) in [6.45, 7) is 5.12. The molecule has 118 valence electrons. The number of rotatable bonds is 10. The number of carbonyl (C=O) groups is 1. The van der Waals surface area contributed by atoms with Crippen LogP contribution in [0.1, 0.15) is 39.5 Å². The minimum atomic E-state index is 0.0166. The third-order valence-corrected chi connectivity index (χ3v) is 3.59. The van der Waals surface area contributed by atoms with E-state index in [1.165, 1.54) is 0 Å². The topological polar surface area (TPSA) is 49.8 Å². The highest BCUT2D eigenvalue weighted by atomic mass is 16.5. The molecule has 0 heterocycles. The normalized spacial score (nSPS) is 10.7. The van der Waals surface area contributed by atoms with Crippen molar-refractivity contribution in [2.75, 3.05) is 19.8 Å². The summed E-state index contributed by atoms with van der Waals surface area (Å²) in [4.78, 5) is 14.1. The molecule has 1 aromatic carbocycles. The van der Waals surface area contributed by atoms with Gasteiger partial charge in [0.15, 0.2) is 0 Å². The van der Waals surface area contributed by atoms with Crippen molar-refractivity contribution in [1.82, 2.24) is 4.90 Å². The number of ether oxygens (including phenoxy) is 1. The van der Waals surface area contributed by atoms with E-state index in [0.29, 0.717) is 26.0 Å². The van der Waals surface area contributed by atoms with Gasteiger partial charge in [0.05, 0.1) is 13.2 Å². The Morgan fingerprint density at radius 2 is 1.90 bits per heavy atom. The van der Waals surface area contributed by atoms with E-state index in [1.54, 1.807) is 0 Å². The Hall–Kier alpha value is -1.55. The molecule has 0 spiro atoms. The molecule has 1 amide bonds. The van der Waals surface area contributed by atoms with Crippen LogP contribution >= 0.6 is 0 Å². The van der Waals surface area contributed by atoms with Gasteiger partial charge in [-0.25, -0.2) is 0 Å². The maximum absolute atomic E-state index is 12.3. The molecule has 0 radical (unpaired) electrons. The molecule has 0 aliphatic carbocycles. The average molecular weight is 293 g/mol. The van der Waals surface area contributed by atoms with Gasteiger partial charge in [-0.05, 0) is 31.4 Å². The molecular weight excluding hydrogens is 266 g/mol. The van der Waals surface area contributed by atoms with Gasteiger partial charge in [-0.1, -0.05) is 32.0 Å². The van der Waals surface area contributed by atoms with Crippen LogP contribution < -0.4 is 4.74 Å². The van der Waals surface area contributed by atoms with E-state index >= 15 is 0 Å². The zero-order valence-electron chi connectivity index (χ0n) is 13.1. The fourth-order valence-corrected chi connectivity index (χ4v) is 2.42. The van der Waals surface area contributed by atoms with Crippen molar-refractivity contribution < 1.29 is 14.6 Å². The third-order valence-electron chi connectivity index (χ3n) is 3.59. The summed E-state index contributed by atoms with van der Waals surface area (Å²) in [6, 6.07) is 9.83. The summed E-state index contributed by atoms with van der Waals surface area (Å²) < 4.78 is 5.59. The van der Waals surface area contributed by atoms with Crippen molar-refractivity contribution in [2.45, 2.75) is 45.6 Å². The van der Waals surface area contributed by atoms with E-state index in [4.69, 9.17) is 9.84 Å². The highest BCUT2D eigenvalue weighted by Crippen LogP contribution is 2.12. The first-order chi connectivity index (χ1) is 10.2. The summed E-state index contributed by atoms with van der Waals surface area (Å²) in [6.07, 6.45) is 2.99. The largest absolute Gasteiger partial charge is 0.494 e. The van der Waals surface area contributed by atoms with Gasteiger partial charge < -0.3 is 14.7 Å². The minimum absolute atomic E-state index is 0.0166. The molecule has 0 unspecified atom stereocenters. The van der Waals surface area contributed by atoms with Crippen molar-refractivity contribution in [2.24, 2.45) is 0 Å². The van der Waals surface area contributed by atoms with Crippen LogP contribution in [0.3, 0.4) is 0 Å². The summed E-state index contributed by atoms with van der Waals surface area (Å²) >= 11 is 0. The van der Waals surface area contributed by atoms with Crippen molar-refractivity contribution in [1.29, 1.82) is 0 Å². The van der Waals surface area contributed by atoms with Crippen LogP contribution in [0.4, 0.5) is 0 Å². The molecule has 0 saturated heterocycles. The smallest absolute Gasteiger partial charge is 0.223 e. The molecule has 1 N–H and O–H groups in total. The predicted molar refractivity (Wildman–Crippen MR) is 84.3 cm³/mol. The molecule has 0 aromatic heterocycles. The number of amides is 1. The molecular formula is C17H27NO3. The number of nitrogens with zero attached hydrogens (tertiary/aromatic N) is 1. The highest BCUT2D eigenvalue weighted by Gasteiger charge is 2.19. The maximum atomic E-state index is 12.3. The first-order valence-electron chi connectivity index (χ1n) is 7.81. The van der Waals surface area contributed by atoms with Crippen LogP contribution in [0.25, 0.3) is 0 Å². The Balaban J connectivity index is 2.36. The van der Waals surface area contributed by atoms with Gasteiger partial charge in [-0.15, -0.1) is 0 Å². The lowest BCUT2D eigenvalue weighted by Gasteiger charge is -2.30. The highest BCUT2D eigenvalue weighted by molar-refractivity contribution is 5.76. The van der Waals surface area contributed by atoms with E-state index in [2.05, 4.69) is 13.8 Å². The Labute approximate surface area is 127 Å². The molecule has 0 saturated carbocycles. The maximum Gasteiger partial charge on any atom is 0.223 e. The number of hydrogen-bond donors (Lipinski definition) is 1. The van der Waals surface area contributed by atoms with Crippen molar-refractivity contribution in [3.8, 4) is 5.75 Å². The standard InChI is InChI=1S/C17H27NO3/c1-3-15(4-2)18(12-13-19)17(20)11-8-14-21-16-9-6-5-7-10-16/h5-7,9-10,15,19H,3-4,8,11-14H2,1-2H3. The van der Waals surface area contributed by atoms with Gasteiger partial charge in [0.1, 0.15) is 5.75 Å². The van der Waals surface area contributed by atoms with Gasteiger partial charge in [0.25, 0.3) is 0 Å². The number of carbonyl (C=O) groups excluding carboxylic acids is 1. The van der Waals surface area contributed by atoms with Gasteiger partial charge in [-0.2, -0.15) is 0 Å². The van der Waals surface area contributed by atoms with Crippen LogP contribution in [-0.2, 0) is 4.79 Å². The molecule has 0 aliphatic rings. The Morgan fingerprint density at radius 1 is 1.24 bits per heavy atom. The molecule has 4 heteroatoms. The first kappa shape index (κ1) is 17.5. The Bertz CT molecular complexity index is 390. The minimum Gasteiger partial charge on any atom is -0.494 e. The molecule has 21 heavy (non-hydrogen) atoms. The molecule has 0 atom stereocenters. The lowest BCUT2D eigenvalue weighted by Crippen LogP contribution is -2.41. The Morgan fingerprint density at radius 3 is 2.48 bits per heavy atom. The van der Waals surface area contributed by atoms with E-state index < -0.39 is 0 Å². The van der Waals surface area contributed by atoms with Gasteiger partial charge in [0, 0.05) is 19.0 Å². The molecule has 0 bridgehead atoms. The van der Waals surface area contributed by atoms with Crippen LogP contribution in [0, 0.1) is 0 Å². The molecule has 0 aliphatic heterocycles. The lowest BCUT2D eigenvalue weighted by atomic mass is 10.1. The second kappa shape index (κ2) is 10.2. The van der Waals surface area contributed by atoms with Crippen molar-refractivity contribution >= 4 is 5.91 Å². The molecule has 0 fully saturated rings. The number of benzene rings is 1.